The first-order valence-corrected chi connectivity index (χ1v) is 6.91. The van der Waals surface area contributed by atoms with Gasteiger partial charge in [-0.2, -0.15) is 0 Å². The highest BCUT2D eigenvalue weighted by molar-refractivity contribution is 6.08. The quantitative estimate of drug-likeness (QED) is 0.724. The predicted octanol–water partition coefficient (Wildman–Crippen LogP) is 3.68. The number of fused-ring (bicyclic) bond motifs is 1. The number of anilines is 2. The second kappa shape index (κ2) is 5.77. The molecule has 0 fully saturated rings. The van der Waals surface area contributed by atoms with Crippen molar-refractivity contribution in [3.05, 3.63) is 66.2 Å². The van der Waals surface area contributed by atoms with Crippen LogP contribution < -0.4 is 15.8 Å². The fourth-order valence-corrected chi connectivity index (χ4v) is 2.38. The Morgan fingerprint density at radius 3 is 2.41 bits per heavy atom. The van der Waals surface area contributed by atoms with Crippen LogP contribution >= 0.6 is 0 Å². The van der Waals surface area contributed by atoms with E-state index in [9.17, 15) is 4.79 Å². The number of carbonyl (C=O) groups excluding carboxylic acids is 1. The van der Waals surface area contributed by atoms with Gasteiger partial charge < -0.3 is 15.8 Å². The molecule has 3 aromatic rings. The van der Waals surface area contributed by atoms with Gasteiger partial charge in [-0.15, -0.1) is 0 Å². The van der Waals surface area contributed by atoms with Gasteiger partial charge in [0.2, 0.25) is 0 Å². The molecule has 3 N–H and O–H groups in total. The molecule has 0 radical (unpaired) electrons. The van der Waals surface area contributed by atoms with Crippen molar-refractivity contribution in [3.63, 3.8) is 0 Å². The van der Waals surface area contributed by atoms with E-state index in [0.29, 0.717) is 22.7 Å². The third kappa shape index (κ3) is 2.72. The van der Waals surface area contributed by atoms with Crippen LogP contribution in [0.1, 0.15) is 10.4 Å². The van der Waals surface area contributed by atoms with Gasteiger partial charge in [0, 0.05) is 11.4 Å². The highest BCUT2D eigenvalue weighted by Gasteiger charge is 2.14. The zero-order valence-corrected chi connectivity index (χ0v) is 12.2. The largest absolute Gasteiger partial charge is 0.496 e. The summed E-state index contributed by atoms with van der Waals surface area (Å²) in [5.41, 5.74) is 7.47. The lowest BCUT2D eigenvalue weighted by atomic mass is 10.1. The third-order valence-corrected chi connectivity index (χ3v) is 3.46. The van der Waals surface area contributed by atoms with E-state index in [0.717, 1.165) is 10.8 Å². The Hall–Kier alpha value is -3.01. The summed E-state index contributed by atoms with van der Waals surface area (Å²) in [4.78, 5) is 12.5. The van der Waals surface area contributed by atoms with Gasteiger partial charge in [0.05, 0.1) is 12.7 Å². The molecule has 0 saturated carbocycles. The minimum atomic E-state index is -0.229. The van der Waals surface area contributed by atoms with Gasteiger partial charge in [-0.05, 0) is 41.1 Å². The number of benzene rings is 3. The molecule has 3 rings (SSSR count). The number of amides is 1. The molecule has 110 valence electrons. The molecule has 0 aliphatic rings. The van der Waals surface area contributed by atoms with Gasteiger partial charge in [0.25, 0.3) is 5.91 Å². The fraction of sp³-hybridized carbons (Fsp3) is 0.0556. The number of hydrogen-bond donors (Lipinski definition) is 2. The maximum absolute atomic E-state index is 12.5. The van der Waals surface area contributed by atoms with Crippen LogP contribution in [0.4, 0.5) is 11.4 Å². The van der Waals surface area contributed by atoms with Crippen molar-refractivity contribution >= 4 is 28.1 Å². The number of rotatable bonds is 3. The van der Waals surface area contributed by atoms with Crippen LogP contribution in [0.3, 0.4) is 0 Å². The molecule has 22 heavy (non-hydrogen) atoms. The zero-order chi connectivity index (χ0) is 15.5. The summed E-state index contributed by atoms with van der Waals surface area (Å²) < 4.78 is 5.35. The van der Waals surface area contributed by atoms with E-state index in [1.165, 1.54) is 0 Å². The average Bonchev–Trinajstić information content (AvgIpc) is 2.53. The second-order valence-corrected chi connectivity index (χ2v) is 4.98. The molecule has 0 heterocycles. The normalized spacial score (nSPS) is 10.4. The van der Waals surface area contributed by atoms with E-state index in [2.05, 4.69) is 5.32 Å². The summed E-state index contributed by atoms with van der Waals surface area (Å²) >= 11 is 0. The lowest BCUT2D eigenvalue weighted by molar-refractivity contribution is 0.102. The lowest BCUT2D eigenvalue weighted by Gasteiger charge is -2.11. The average molecular weight is 292 g/mol. The molecule has 0 saturated heterocycles. The standard InChI is InChI=1S/C18H16N2O2/c1-22-17-10-13-6-3-2-5-12(13)9-16(17)18(21)20-15-8-4-7-14(19)11-15/h2-11H,19H2,1H3,(H,20,21). The molecule has 0 aromatic heterocycles. The Morgan fingerprint density at radius 1 is 1.00 bits per heavy atom. The second-order valence-electron chi connectivity index (χ2n) is 4.98. The lowest BCUT2D eigenvalue weighted by Crippen LogP contribution is -2.13. The highest BCUT2D eigenvalue weighted by atomic mass is 16.5. The van der Waals surface area contributed by atoms with E-state index in [-0.39, 0.29) is 5.91 Å². The molecule has 0 spiro atoms. The third-order valence-electron chi connectivity index (χ3n) is 3.46. The van der Waals surface area contributed by atoms with Crippen LogP contribution in [0, 0.1) is 0 Å². The zero-order valence-electron chi connectivity index (χ0n) is 12.2. The number of methoxy groups -OCH3 is 1. The van der Waals surface area contributed by atoms with Crippen molar-refractivity contribution in [2.45, 2.75) is 0 Å². The molecule has 0 atom stereocenters. The summed E-state index contributed by atoms with van der Waals surface area (Å²) in [6.07, 6.45) is 0. The van der Waals surface area contributed by atoms with Crippen molar-refractivity contribution in [2.24, 2.45) is 0 Å². The van der Waals surface area contributed by atoms with Crippen molar-refractivity contribution < 1.29 is 9.53 Å². The van der Waals surface area contributed by atoms with Crippen LogP contribution in [0.15, 0.2) is 60.7 Å². The van der Waals surface area contributed by atoms with Crippen molar-refractivity contribution in [3.8, 4) is 5.75 Å². The Kier molecular flexibility index (Phi) is 3.66. The molecule has 0 unspecified atom stereocenters. The topological polar surface area (TPSA) is 64.3 Å². The van der Waals surface area contributed by atoms with Gasteiger partial charge in [-0.1, -0.05) is 30.3 Å². The number of nitrogens with one attached hydrogen (secondary N) is 1. The summed E-state index contributed by atoms with van der Waals surface area (Å²) in [6, 6.07) is 18.6. The monoisotopic (exact) mass is 292 g/mol. The maximum Gasteiger partial charge on any atom is 0.259 e. The number of carbonyl (C=O) groups is 1. The molecule has 0 aliphatic carbocycles. The fourth-order valence-electron chi connectivity index (χ4n) is 2.38. The maximum atomic E-state index is 12.5. The summed E-state index contributed by atoms with van der Waals surface area (Å²) in [5.74, 6) is 0.313. The van der Waals surface area contributed by atoms with Crippen LogP contribution in [-0.2, 0) is 0 Å². The summed E-state index contributed by atoms with van der Waals surface area (Å²) in [6.45, 7) is 0. The first-order valence-electron chi connectivity index (χ1n) is 6.91. The van der Waals surface area contributed by atoms with Crippen molar-refractivity contribution in [2.75, 3.05) is 18.2 Å². The van der Waals surface area contributed by atoms with Gasteiger partial charge in [-0.3, -0.25) is 4.79 Å². The SMILES string of the molecule is COc1cc2ccccc2cc1C(=O)Nc1cccc(N)c1. The van der Waals surface area contributed by atoms with Gasteiger partial charge >= 0.3 is 0 Å². The molecular formula is C18H16N2O2. The van der Waals surface area contributed by atoms with Crippen LogP contribution in [0.25, 0.3) is 10.8 Å². The van der Waals surface area contributed by atoms with E-state index >= 15 is 0 Å². The van der Waals surface area contributed by atoms with Gasteiger partial charge in [0.15, 0.2) is 0 Å². The van der Waals surface area contributed by atoms with E-state index in [1.54, 1.807) is 31.4 Å². The number of nitrogens with two attached hydrogens (primary N) is 1. The van der Waals surface area contributed by atoms with Crippen molar-refractivity contribution in [1.29, 1.82) is 0 Å². The molecule has 4 nitrogen and oxygen atoms in total. The van der Waals surface area contributed by atoms with Crippen LogP contribution in [-0.4, -0.2) is 13.0 Å². The molecule has 1 amide bonds. The predicted molar refractivity (Wildman–Crippen MR) is 89.3 cm³/mol. The number of ether oxygens (including phenoxy) is 1. The van der Waals surface area contributed by atoms with Crippen LogP contribution in [0.5, 0.6) is 5.75 Å². The Bertz CT molecular complexity index is 843. The van der Waals surface area contributed by atoms with E-state index < -0.39 is 0 Å². The molecule has 3 aromatic carbocycles. The minimum Gasteiger partial charge on any atom is -0.496 e. The molecule has 4 heteroatoms. The molecule has 0 aliphatic heterocycles. The van der Waals surface area contributed by atoms with Crippen LogP contribution in [0.2, 0.25) is 0 Å². The minimum absolute atomic E-state index is 0.229. The Balaban J connectivity index is 1.99. The van der Waals surface area contributed by atoms with Gasteiger partial charge in [-0.25, -0.2) is 0 Å². The van der Waals surface area contributed by atoms with Gasteiger partial charge in [0.1, 0.15) is 5.75 Å². The van der Waals surface area contributed by atoms with E-state index in [4.69, 9.17) is 10.5 Å². The first kappa shape index (κ1) is 13.9. The summed E-state index contributed by atoms with van der Waals surface area (Å²) in [7, 11) is 1.56. The first-order chi connectivity index (χ1) is 10.7. The van der Waals surface area contributed by atoms with Crippen molar-refractivity contribution in [1.82, 2.24) is 0 Å². The molecular weight excluding hydrogens is 276 g/mol. The Labute approximate surface area is 128 Å². The highest BCUT2D eigenvalue weighted by Crippen LogP contribution is 2.27. The summed E-state index contributed by atoms with van der Waals surface area (Å²) in [5, 5.41) is 4.85. The Morgan fingerprint density at radius 2 is 1.73 bits per heavy atom. The van der Waals surface area contributed by atoms with E-state index in [1.807, 2.05) is 36.4 Å². The number of hydrogen-bond acceptors (Lipinski definition) is 3. The smallest absolute Gasteiger partial charge is 0.259 e. The molecule has 0 bridgehead atoms. The number of nitrogen functional groups attached to an aromatic ring is 1.